The van der Waals surface area contributed by atoms with E-state index in [-0.39, 0.29) is 0 Å². The van der Waals surface area contributed by atoms with Crippen molar-refractivity contribution in [3.63, 3.8) is 0 Å². The van der Waals surface area contributed by atoms with Gasteiger partial charge in [-0.15, -0.1) is 0 Å². The van der Waals surface area contributed by atoms with Gasteiger partial charge in [-0.05, 0) is 86.5 Å². The highest BCUT2D eigenvalue weighted by molar-refractivity contribution is 5.65. The smallest absolute Gasteiger partial charge is 0.00675 e. The third-order valence-electron chi connectivity index (χ3n) is 6.01. The summed E-state index contributed by atoms with van der Waals surface area (Å²) in [6.07, 6.45) is 6.21. The highest BCUT2D eigenvalue weighted by atomic mass is 15.2. The topological polar surface area (TPSA) is 15.3 Å². The first kappa shape index (κ1) is 16.8. The second kappa shape index (κ2) is 7.72. The number of nitrogens with one attached hydrogen (secondary N) is 1. The molecule has 0 radical (unpaired) electrons. The lowest BCUT2D eigenvalue weighted by Crippen LogP contribution is -2.28. The van der Waals surface area contributed by atoms with Crippen LogP contribution in [0.4, 0.5) is 0 Å². The van der Waals surface area contributed by atoms with Crippen molar-refractivity contribution < 1.29 is 0 Å². The molecule has 25 heavy (non-hydrogen) atoms. The fraction of sp³-hybridized carbons (Fsp3) is 0.478. The van der Waals surface area contributed by atoms with E-state index in [0.717, 1.165) is 32.0 Å². The van der Waals surface area contributed by atoms with Crippen LogP contribution in [0.3, 0.4) is 0 Å². The van der Waals surface area contributed by atoms with E-state index in [9.17, 15) is 0 Å². The Morgan fingerprint density at radius 3 is 2.48 bits per heavy atom. The second-order valence-electron chi connectivity index (χ2n) is 7.71. The summed E-state index contributed by atoms with van der Waals surface area (Å²) in [7, 11) is 0. The van der Waals surface area contributed by atoms with Gasteiger partial charge in [0.1, 0.15) is 0 Å². The number of fused-ring (bicyclic) bond motifs is 1. The first-order valence-corrected chi connectivity index (χ1v) is 9.95. The van der Waals surface area contributed by atoms with Crippen molar-refractivity contribution in [1.82, 2.24) is 10.2 Å². The van der Waals surface area contributed by atoms with Crippen LogP contribution in [-0.4, -0.2) is 37.1 Å². The molecule has 2 aromatic rings. The minimum atomic E-state index is 0.772. The molecule has 2 heterocycles. The summed E-state index contributed by atoms with van der Waals surface area (Å²) >= 11 is 0. The van der Waals surface area contributed by atoms with E-state index in [1.807, 2.05) is 0 Å². The molecule has 2 aliphatic rings. The summed E-state index contributed by atoms with van der Waals surface area (Å²) in [6.45, 7) is 7.06. The second-order valence-corrected chi connectivity index (χ2v) is 7.71. The normalized spacial score (nSPS) is 21.1. The molecule has 0 unspecified atom stereocenters. The predicted octanol–water partition coefficient (Wildman–Crippen LogP) is 4.07. The molecule has 2 nitrogen and oxygen atoms in total. The summed E-state index contributed by atoms with van der Waals surface area (Å²) < 4.78 is 0. The molecule has 4 rings (SSSR count). The molecule has 132 valence electrons. The fourth-order valence-corrected chi connectivity index (χ4v) is 4.31. The van der Waals surface area contributed by atoms with Gasteiger partial charge in [0.15, 0.2) is 0 Å². The fourth-order valence-electron chi connectivity index (χ4n) is 4.31. The maximum Gasteiger partial charge on any atom is 0.00675 e. The molecule has 0 bridgehead atoms. The Bertz CT molecular complexity index is 705. The molecule has 0 aliphatic carbocycles. The molecule has 0 saturated carbocycles. The molecular weight excluding hydrogens is 304 g/mol. The predicted molar refractivity (Wildman–Crippen MR) is 106 cm³/mol. The van der Waals surface area contributed by atoms with E-state index in [2.05, 4.69) is 59.6 Å². The Morgan fingerprint density at radius 2 is 1.72 bits per heavy atom. The monoisotopic (exact) mass is 334 g/mol. The Kier molecular flexibility index (Phi) is 5.19. The number of nitrogens with zero attached hydrogens (tertiary/aromatic N) is 1. The molecule has 1 fully saturated rings. The third-order valence-corrected chi connectivity index (χ3v) is 6.01. The van der Waals surface area contributed by atoms with Crippen molar-refractivity contribution in [2.75, 3.05) is 26.2 Å². The van der Waals surface area contributed by atoms with Crippen LogP contribution in [0.15, 0.2) is 42.5 Å². The van der Waals surface area contributed by atoms with Gasteiger partial charge < -0.3 is 10.2 Å². The van der Waals surface area contributed by atoms with Gasteiger partial charge in [-0.25, -0.2) is 0 Å². The van der Waals surface area contributed by atoms with Gasteiger partial charge >= 0.3 is 0 Å². The van der Waals surface area contributed by atoms with Crippen LogP contribution in [0, 0.1) is 0 Å². The van der Waals surface area contributed by atoms with Crippen molar-refractivity contribution in [1.29, 1.82) is 0 Å². The minimum Gasteiger partial charge on any atom is -0.316 e. The molecule has 1 saturated heterocycles. The van der Waals surface area contributed by atoms with Crippen molar-refractivity contribution in [3.8, 4) is 11.1 Å². The van der Waals surface area contributed by atoms with Crippen molar-refractivity contribution in [2.24, 2.45) is 0 Å². The molecule has 1 N–H and O–H groups in total. The van der Waals surface area contributed by atoms with Crippen LogP contribution in [0.5, 0.6) is 0 Å². The lowest BCUT2D eigenvalue weighted by molar-refractivity contribution is 0.272. The van der Waals surface area contributed by atoms with Gasteiger partial charge in [0.2, 0.25) is 0 Å². The number of hydrogen-bond acceptors (Lipinski definition) is 2. The van der Waals surface area contributed by atoms with E-state index in [1.54, 1.807) is 0 Å². The SMILES string of the molecule is C[C@@H]1CCCN1CCc1ccc(-c2ccc3c(c2)CCNCC3)cc1. The van der Waals surface area contributed by atoms with E-state index < -0.39 is 0 Å². The lowest BCUT2D eigenvalue weighted by Gasteiger charge is -2.20. The molecule has 2 aliphatic heterocycles. The molecule has 2 heteroatoms. The van der Waals surface area contributed by atoms with Crippen LogP contribution in [-0.2, 0) is 19.3 Å². The van der Waals surface area contributed by atoms with Crippen LogP contribution in [0.2, 0.25) is 0 Å². The first-order valence-electron chi connectivity index (χ1n) is 9.95. The maximum absolute atomic E-state index is 3.50. The molecule has 2 aromatic carbocycles. The number of rotatable bonds is 4. The van der Waals surface area contributed by atoms with Crippen LogP contribution >= 0.6 is 0 Å². The van der Waals surface area contributed by atoms with Gasteiger partial charge in [-0.3, -0.25) is 0 Å². The van der Waals surface area contributed by atoms with Gasteiger partial charge in [-0.1, -0.05) is 42.5 Å². The van der Waals surface area contributed by atoms with Gasteiger partial charge in [-0.2, -0.15) is 0 Å². The van der Waals surface area contributed by atoms with Gasteiger partial charge in [0, 0.05) is 12.6 Å². The summed E-state index contributed by atoms with van der Waals surface area (Å²) in [5, 5.41) is 3.50. The average molecular weight is 335 g/mol. The third kappa shape index (κ3) is 3.96. The van der Waals surface area contributed by atoms with E-state index >= 15 is 0 Å². The Balaban J connectivity index is 1.44. The molecule has 0 spiro atoms. The Morgan fingerprint density at radius 1 is 0.960 bits per heavy atom. The quantitative estimate of drug-likeness (QED) is 0.907. The zero-order valence-electron chi connectivity index (χ0n) is 15.4. The summed E-state index contributed by atoms with van der Waals surface area (Å²) in [5.41, 5.74) is 7.21. The first-order chi connectivity index (χ1) is 12.3. The van der Waals surface area contributed by atoms with Crippen molar-refractivity contribution >= 4 is 0 Å². The summed E-state index contributed by atoms with van der Waals surface area (Å²) in [6, 6.07) is 17.1. The highest BCUT2D eigenvalue weighted by Crippen LogP contribution is 2.25. The van der Waals surface area contributed by atoms with Crippen molar-refractivity contribution in [3.05, 3.63) is 59.2 Å². The number of benzene rings is 2. The molecule has 0 amide bonds. The molecule has 0 aromatic heterocycles. The highest BCUT2D eigenvalue weighted by Gasteiger charge is 2.19. The standard InChI is InChI=1S/C23H30N2/c1-18-3-2-15-25(18)16-12-19-4-6-20(7-5-19)22-9-8-21-10-13-24-14-11-23(21)17-22/h4-9,17-18,24H,2-3,10-16H2,1H3/t18-/m1/s1. The Hall–Kier alpha value is -1.64. The lowest BCUT2D eigenvalue weighted by atomic mass is 9.96. The molecular formula is C23H30N2. The van der Waals surface area contributed by atoms with Crippen molar-refractivity contribution in [2.45, 2.75) is 45.1 Å². The average Bonchev–Trinajstić information content (AvgIpc) is 2.91. The van der Waals surface area contributed by atoms with Crippen LogP contribution in [0.25, 0.3) is 11.1 Å². The van der Waals surface area contributed by atoms with Crippen LogP contribution in [0.1, 0.15) is 36.5 Å². The number of hydrogen-bond donors (Lipinski definition) is 1. The largest absolute Gasteiger partial charge is 0.316 e. The Labute approximate surface area is 152 Å². The van der Waals surface area contributed by atoms with Gasteiger partial charge in [0.05, 0.1) is 0 Å². The van der Waals surface area contributed by atoms with E-state index in [4.69, 9.17) is 0 Å². The molecule has 1 atom stereocenters. The van der Waals surface area contributed by atoms with Crippen LogP contribution < -0.4 is 5.32 Å². The van der Waals surface area contributed by atoms with Gasteiger partial charge in [0.25, 0.3) is 0 Å². The zero-order valence-corrected chi connectivity index (χ0v) is 15.4. The van der Waals surface area contributed by atoms with E-state index in [0.29, 0.717) is 0 Å². The minimum absolute atomic E-state index is 0.772. The van der Waals surface area contributed by atoms with E-state index in [1.165, 1.54) is 60.2 Å². The zero-order chi connectivity index (χ0) is 17.1. The maximum atomic E-state index is 3.50. The summed E-state index contributed by atoms with van der Waals surface area (Å²) in [5.74, 6) is 0. The summed E-state index contributed by atoms with van der Waals surface area (Å²) in [4.78, 5) is 2.63. The number of likely N-dealkylation sites (tertiary alicyclic amines) is 1.